The van der Waals surface area contributed by atoms with E-state index in [4.69, 9.17) is 38.4 Å². The summed E-state index contributed by atoms with van der Waals surface area (Å²) in [5.41, 5.74) is 8.08. The largest absolute Gasteiger partial charge is 0.489 e. The van der Waals surface area contributed by atoms with Crippen molar-refractivity contribution in [2.24, 2.45) is 5.73 Å². The lowest BCUT2D eigenvalue weighted by Gasteiger charge is -2.33. The molecule has 12 heteroatoms. The Balaban J connectivity index is 1.39. The first-order valence-electron chi connectivity index (χ1n) is 12.8. The Kier molecular flexibility index (Phi) is 9.40. The van der Waals surface area contributed by atoms with Crippen LogP contribution < -0.4 is 16.0 Å². The average Bonchev–Trinajstić information content (AvgIpc) is 2.94. The van der Waals surface area contributed by atoms with Crippen molar-refractivity contribution in [1.29, 1.82) is 0 Å². The van der Waals surface area contributed by atoms with Gasteiger partial charge in [0.05, 0.1) is 12.2 Å². The Morgan fingerprint density at radius 2 is 1.83 bits per heavy atom. The number of nitrogens with two attached hydrogens (primary N) is 1. The Hall–Kier alpha value is -3.73. The van der Waals surface area contributed by atoms with Gasteiger partial charge >= 0.3 is 12.1 Å². The third-order valence-corrected chi connectivity index (χ3v) is 7.12. The molecule has 1 aliphatic heterocycles. The summed E-state index contributed by atoms with van der Waals surface area (Å²) in [6.45, 7) is 1.54. The lowest BCUT2D eigenvalue weighted by atomic mass is 10.0. The molecule has 7 nitrogen and oxygen atoms in total. The number of benzene rings is 3. The van der Waals surface area contributed by atoms with E-state index >= 15 is 0 Å². The first kappa shape index (κ1) is 31.2. The number of alkyl halides is 4. The van der Waals surface area contributed by atoms with Gasteiger partial charge in [-0.05, 0) is 48.9 Å². The molecule has 3 aromatic carbocycles. The van der Waals surface area contributed by atoms with Gasteiger partial charge in [0, 0.05) is 41.0 Å². The highest BCUT2D eigenvalue weighted by Crippen LogP contribution is 2.38. The van der Waals surface area contributed by atoms with Gasteiger partial charge in [-0.3, -0.25) is 4.79 Å². The molecule has 4 rings (SSSR count). The van der Waals surface area contributed by atoms with Gasteiger partial charge in [0.1, 0.15) is 12.4 Å². The molecule has 0 aliphatic carbocycles. The molecule has 3 aromatic rings. The Morgan fingerprint density at radius 3 is 2.57 bits per heavy atom. The maximum absolute atomic E-state index is 13.1. The van der Waals surface area contributed by atoms with Crippen molar-refractivity contribution in [2.75, 3.05) is 23.9 Å². The summed E-state index contributed by atoms with van der Waals surface area (Å²) in [4.78, 5) is 25.8. The van der Waals surface area contributed by atoms with Crippen LogP contribution in [0.15, 0.2) is 72.5 Å². The van der Waals surface area contributed by atoms with Crippen molar-refractivity contribution < 1.29 is 32.2 Å². The van der Waals surface area contributed by atoms with Crippen LogP contribution in [0.25, 0.3) is 6.08 Å². The lowest BCUT2D eigenvalue weighted by molar-refractivity contribution is -0.148. The summed E-state index contributed by atoms with van der Waals surface area (Å²) in [6.07, 6.45) is -2.68. The minimum Gasteiger partial charge on any atom is -0.489 e. The van der Waals surface area contributed by atoms with Gasteiger partial charge in [0.25, 0.3) is 5.91 Å². The van der Waals surface area contributed by atoms with Gasteiger partial charge in [-0.25, -0.2) is 4.79 Å². The Morgan fingerprint density at radius 1 is 1.10 bits per heavy atom. The highest BCUT2D eigenvalue weighted by molar-refractivity contribution is 6.31. The van der Waals surface area contributed by atoms with Crippen LogP contribution in [0.5, 0.6) is 0 Å². The van der Waals surface area contributed by atoms with Crippen molar-refractivity contribution in [2.45, 2.75) is 37.2 Å². The number of anilines is 2. The highest BCUT2D eigenvalue weighted by Gasteiger charge is 2.33. The molecule has 1 aliphatic rings. The Labute approximate surface area is 251 Å². The van der Waals surface area contributed by atoms with Gasteiger partial charge < -0.3 is 25.4 Å². The van der Waals surface area contributed by atoms with Crippen LogP contribution >= 0.6 is 23.2 Å². The normalized spacial score (nSPS) is 16.9. The van der Waals surface area contributed by atoms with Crippen LogP contribution in [0.4, 0.5) is 24.5 Å². The minimum atomic E-state index is -4.49. The molecular formula is C30H28Cl2F3N3O4. The van der Waals surface area contributed by atoms with E-state index in [1.165, 1.54) is 24.1 Å². The fourth-order valence-electron chi connectivity index (χ4n) is 4.34. The summed E-state index contributed by atoms with van der Waals surface area (Å²) in [5, 5.41) is 3.76. The number of para-hydroxylation sites is 1. The zero-order valence-electron chi connectivity index (χ0n) is 22.7. The molecule has 2 unspecified atom stereocenters. The molecule has 0 bridgehead atoms. The maximum Gasteiger partial charge on any atom is 0.416 e. The number of halogens is 5. The van der Waals surface area contributed by atoms with E-state index in [0.717, 1.165) is 23.4 Å². The number of hydrogen-bond acceptors (Lipinski definition) is 6. The first-order chi connectivity index (χ1) is 19.8. The van der Waals surface area contributed by atoms with E-state index in [9.17, 15) is 22.8 Å². The molecule has 42 heavy (non-hydrogen) atoms. The predicted octanol–water partition coefficient (Wildman–Crippen LogP) is 6.37. The topological polar surface area (TPSA) is 93.9 Å². The molecular weight excluding hydrogens is 594 g/mol. The number of amides is 1. The fourth-order valence-corrected chi connectivity index (χ4v) is 4.73. The second-order valence-electron chi connectivity index (χ2n) is 9.78. The van der Waals surface area contributed by atoms with Gasteiger partial charge in [0.2, 0.25) is 0 Å². The van der Waals surface area contributed by atoms with Crippen LogP contribution in [-0.4, -0.2) is 36.6 Å². The maximum atomic E-state index is 13.1. The number of nitrogens with zero attached hydrogens (tertiary/aromatic N) is 1. The summed E-state index contributed by atoms with van der Waals surface area (Å²) >= 11 is 12.8. The summed E-state index contributed by atoms with van der Waals surface area (Å²) in [7, 11) is 1.46. The zero-order chi connectivity index (χ0) is 30.7. The second kappa shape index (κ2) is 12.6. The van der Waals surface area contributed by atoms with Gasteiger partial charge in [-0.1, -0.05) is 59.6 Å². The molecule has 1 amide bonds. The number of carbonyl (C=O) groups is 2. The molecule has 0 spiro atoms. The van der Waals surface area contributed by atoms with Crippen LogP contribution in [0.3, 0.4) is 0 Å². The standard InChI is InChI=1S/C30H28Cl2F3N3O4/c1-29(32)25(16-20-15-22(31)10-11-23(20)37-29)42-17-19-7-3-4-9-24(19)38(2)27(39)26(36)28(40)41-13-12-18-6-5-8-21(14-18)30(33,34)35/h3-11,14-16,26,37H,12-13,17,36H2,1-2H3. The van der Waals surface area contributed by atoms with Gasteiger partial charge in [-0.15, -0.1) is 0 Å². The van der Waals surface area contributed by atoms with Gasteiger partial charge in [-0.2, -0.15) is 13.2 Å². The third-order valence-electron chi connectivity index (χ3n) is 6.61. The number of nitrogens with one attached hydrogen (secondary N) is 1. The molecule has 222 valence electrons. The van der Waals surface area contributed by atoms with E-state index in [1.807, 2.05) is 6.07 Å². The first-order valence-corrected chi connectivity index (χ1v) is 13.6. The monoisotopic (exact) mass is 621 g/mol. The number of rotatable bonds is 9. The molecule has 0 aromatic heterocycles. The SMILES string of the molecule is CN(C(=O)C(N)C(=O)OCCc1cccc(C(F)(F)F)c1)c1ccccc1COC1=Cc2cc(Cl)ccc2NC1(C)Cl. The van der Waals surface area contributed by atoms with Crippen molar-refractivity contribution >= 4 is 52.5 Å². The van der Waals surface area contributed by atoms with E-state index in [2.05, 4.69) is 5.32 Å². The lowest BCUT2D eigenvalue weighted by Crippen LogP contribution is -2.48. The number of ether oxygens (including phenoxy) is 2. The quantitative estimate of drug-likeness (QED) is 0.125. The summed E-state index contributed by atoms with van der Waals surface area (Å²) in [5.74, 6) is -1.30. The number of likely N-dealkylation sites (N-methyl/N-ethyl adjacent to an activating group) is 1. The molecule has 0 fully saturated rings. The van der Waals surface area contributed by atoms with E-state index in [-0.39, 0.29) is 19.6 Å². The molecule has 2 atom stereocenters. The van der Waals surface area contributed by atoms with Crippen LogP contribution in [0.1, 0.15) is 29.2 Å². The van der Waals surface area contributed by atoms with Crippen molar-refractivity contribution in [3.05, 3.63) is 99.8 Å². The van der Waals surface area contributed by atoms with Crippen LogP contribution in [0.2, 0.25) is 5.02 Å². The van der Waals surface area contributed by atoms with E-state index in [0.29, 0.717) is 27.6 Å². The fraction of sp³-hybridized carbons (Fsp3) is 0.267. The summed E-state index contributed by atoms with van der Waals surface area (Å²) < 4.78 is 50.0. The average molecular weight is 622 g/mol. The van der Waals surface area contributed by atoms with E-state index < -0.39 is 34.7 Å². The van der Waals surface area contributed by atoms with Gasteiger partial charge in [0.15, 0.2) is 11.0 Å². The molecule has 3 N–H and O–H groups in total. The summed E-state index contributed by atoms with van der Waals surface area (Å²) in [6, 6.07) is 15.3. The molecule has 1 heterocycles. The molecule has 0 radical (unpaired) electrons. The predicted molar refractivity (Wildman–Crippen MR) is 156 cm³/mol. The number of fused-ring (bicyclic) bond motifs is 1. The zero-order valence-corrected chi connectivity index (χ0v) is 24.2. The number of hydrogen-bond donors (Lipinski definition) is 2. The van der Waals surface area contributed by atoms with Crippen molar-refractivity contribution in [1.82, 2.24) is 0 Å². The van der Waals surface area contributed by atoms with Crippen LogP contribution in [-0.2, 0) is 38.3 Å². The van der Waals surface area contributed by atoms with E-state index in [1.54, 1.807) is 49.4 Å². The highest BCUT2D eigenvalue weighted by atomic mass is 35.5. The van der Waals surface area contributed by atoms with Crippen LogP contribution in [0, 0.1) is 0 Å². The van der Waals surface area contributed by atoms with Crippen molar-refractivity contribution in [3.8, 4) is 0 Å². The smallest absolute Gasteiger partial charge is 0.416 e. The molecule has 0 saturated heterocycles. The van der Waals surface area contributed by atoms with Crippen molar-refractivity contribution in [3.63, 3.8) is 0 Å². The number of carbonyl (C=O) groups excluding carboxylic acids is 2. The molecule has 0 saturated carbocycles. The third kappa shape index (κ3) is 7.36. The second-order valence-corrected chi connectivity index (χ2v) is 11.0. The number of esters is 1. The minimum absolute atomic E-state index is 0.0213. The Bertz CT molecular complexity index is 1510.